The molecule has 1 aromatic rings. The van der Waals surface area contributed by atoms with Gasteiger partial charge in [0.25, 0.3) is 0 Å². The Kier molecular flexibility index (Phi) is 4.43. The van der Waals surface area contributed by atoms with Gasteiger partial charge in [-0.3, -0.25) is 0 Å². The summed E-state index contributed by atoms with van der Waals surface area (Å²) in [7, 11) is -3.96. The Labute approximate surface area is 116 Å². The van der Waals surface area contributed by atoms with Gasteiger partial charge in [-0.2, -0.15) is 4.31 Å². The number of hydrogen-bond acceptors (Lipinski definition) is 2. The molecule has 7 heteroatoms. The van der Waals surface area contributed by atoms with Crippen molar-refractivity contribution in [2.75, 3.05) is 12.4 Å². The van der Waals surface area contributed by atoms with Gasteiger partial charge in [0.2, 0.25) is 10.0 Å². The predicted octanol–water partition coefficient (Wildman–Crippen LogP) is 2.75. The van der Waals surface area contributed by atoms with E-state index >= 15 is 0 Å². The highest BCUT2D eigenvalue weighted by Crippen LogP contribution is 2.30. The van der Waals surface area contributed by atoms with Crippen molar-refractivity contribution in [1.29, 1.82) is 0 Å². The van der Waals surface area contributed by atoms with E-state index in [2.05, 4.69) is 0 Å². The van der Waals surface area contributed by atoms with E-state index in [1.165, 1.54) is 4.31 Å². The van der Waals surface area contributed by atoms with Gasteiger partial charge < -0.3 is 0 Å². The molecule has 0 unspecified atom stereocenters. The first-order valence-corrected chi connectivity index (χ1v) is 7.97. The Hall–Kier alpha value is -0.720. The van der Waals surface area contributed by atoms with Crippen molar-refractivity contribution < 1.29 is 17.2 Å². The van der Waals surface area contributed by atoms with Crippen LogP contribution in [0.5, 0.6) is 0 Å². The number of halogens is 3. The van der Waals surface area contributed by atoms with Crippen LogP contribution in [0.2, 0.25) is 0 Å². The Morgan fingerprint density at radius 2 is 2.00 bits per heavy atom. The molecule has 0 N–H and O–H groups in total. The minimum absolute atomic E-state index is 0.130. The van der Waals surface area contributed by atoms with Crippen LogP contribution in [0.1, 0.15) is 19.3 Å². The van der Waals surface area contributed by atoms with Gasteiger partial charge in [-0.25, -0.2) is 17.2 Å². The minimum atomic E-state index is -3.96. The lowest BCUT2D eigenvalue weighted by Gasteiger charge is -2.36. The lowest BCUT2D eigenvalue weighted by atomic mass is 9.93. The van der Waals surface area contributed by atoms with E-state index in [9.17, 15) is 17.2 Å². The molecule has 0 amide bonds. The first-order chi connectivity index (χ1) is 8.96. The summed E-state index contributed by atoms with van der Waals surface area (Å²) >= 11 is 5.62. The Bertz CT molecular complexity index is 561. The molecule has 2 rings (SSSR count). The lowest BCUT2D eigenvalue weighted by molar-refractivity contribution is 0.227. The van der Waals surface area contributed by atoms with E-state index in [-0.39, 0.29) is 18.5 Å². The minimum Gasteiger partial charge on any atom is -0.207 e. The molecule has 0 spiro atoms. The van der Waals surface area contributed by atoms with Gasteiger partial charge in [-0.05, 0) is 25.0 Å². The summed E-state index contributed by atoms with van der Waals surface area (Å²) in [4.78, 5) is -0.495. The molecule has 0 aliphatic heterocycles. The topological polar surface area (TPSA) is 37.4 Å². The van der Waals surface area contributed by atoms with Gasteiger partial charge in [0.05, 0.1) is 0 Å². The SMILES string of the molecule is O=S(=O)(c1ccc(F)cc1F)N(CCCl)C1CCC1. The average Bonchev–Trinajstić information content (AvgIpc) is 2.25. The highest BCUT2D eigenvalue weighted by atomic mass is 35.5. The lowest BCUT2D eigenvalue weighted by Crippen LogP contribution is -2.45. The molecule has 0 radical (unpaired) electrons. The molecule has 1 saturated carbocycles. The number of sulfonamides is 1. The number of benzene rings is 1. The molecule has 1 aromatic carbocycles. The van der Waals surface area contributed by atoms with Crippen molar-refractivity contribution >= 4 is 21.6 Å². The highest BCUT2D eigenvalue weighted by Gasteiger charge is 2.35. The summed E-state index contributed by atoms with van der Waals surface area (Å²) in [5.41, 5.74) is 0. The zero-order chi connectivity index (χ0) is 14.0. The second-order valence-electron chi connectivity index (χ2n) is 4.46. The van der Waals surface area contributed by atoms with E-state index < -0.39 is 26.6 Å². The number of alkyl halides is 1. The van der Waals surface area contributed by atoms with E-state index in [0.29, 0.717) is 6.07 Å². The monoisotopic (exact) mass is 309 g/mol. The van der Waals surface area contributed by atoms with Gasteiger partial charge in [-0.15, -0.1) is 11.6 Å². The maximum Gasteiger partial charge on any atom is 0.246 e. The fourth-order valence-electron chi connectivity index (χ4n) is 2.07. The third kappa shape index (κ3) is 2.90. The van der Waals surface area contributed by atoms with Crippen molar-refractivity contribution in [3.8, 4) is 0 Å². The van der Waals surface area contributed by atoms with Gasteiger partial charge in [0, 0.05) is 24.5 Å². The van der Waals surface area contributed by atoms with Crippen molar-refractivity contribution in [3.63, 3.8) is 0 Å². The number of nitrogens with zero attached hydrogens (tertiary/aromatic N) is 1. The van der Waals surface area contributed by atoms with Crippen LogP contribution in [-0.4, -0.2) is 31.2 Å². The molecule has 3 nitrogen and oxygen atoms in total. The molecule has 1 aliphatic rings. The van der Waals surface area contributed by atoms with E-state index in [1.807, 2.05) is 0 Å². The highest BCUT2D eigenvalue weighted by molar-refractivity contribution is 7.89. The maximum atomic E-state index is 13.7. The van der Waals surface area contributed by atoms with Crippen LogP contribution < -0.4 is 0 Å². The van der Waals surface area contributed by atoms with E-state index in [0.717, 1.165) is 31.4 Å². The van der Waals surface area contributed by atoms with Gasteiger partial charge in [-0.1, -0.05) is 6.42 Å². The standard InChI is InChI=1S/C12H14ClF2NO2S/c13-6-7-16(10-2-1-3-10)19(17,18)12-5-4-9(14)8-11(12)15/h4-5,8,10H,1-3,6-7H2. The van der Waals surface area contributed by atoms with Crippen molar-refractivity contribution in [2.24, 2.45) is 0 Å². The zero-order valence-electron chi connectivity index (χ0n) is 10.2. The summed E-state index contributed by atoms with van der Waals surface area (Å²) in [6.07, 6.45) is 2.45. The molecule has 106 valence electrons. The van der Waals surface area contributed by atoms with Crippen LogP contribution >= 0.6 is 11.6 Å². The largest absolute Gasteiger partial charge is 0.246 e. The smallest absolute Gasteiger partial charge is 0.207 e. The van der Waals surface area contributed by atoms with E-state index in [4.69, 9.17) is 11.6 Å². The van der Waals surface area contributed by atoms with Crippen LogP contribution in [0, 0.1) is 11.6 Å². The first-order valence-electron chi connectivity index (χ1n) is 5.99. The van der Waals surface area contributed by atoms with Crippen LogP contribution in [0.3, 0.4) is 0 Å². The van der Waals surface area contributed by atoms with Crippen LogP contribution in [0.4, 0.5) is 8.78 Å². The van der Waals surface area contributed by atoms with Crippen molar-refractivity contribution in [2.45, 2.75) is 30.2 Å². The third-order valence-corrected chi connectivity index (χ3v) is 5.42. The third-order valence-electron chi connectivity index (χ3n) is 3.27. The zero-order valence-corrected chi connectivity index (χ0v) is 11.7. The maximum absolute atomic E-state index is 13.7. The Morgan fingerprint density at radius 1 is 1.32 bits per heavy atom. The summed E-state index contributed by atoms with van der Waals surface area (Å²) in [5.74, 6) is -1.73. The Balaban J connectivity index is 2.38. The number of rotatable bonds is 5. The summed E-state index contributed by atoms with van der Waals surface area (Å²) in [6.45, 7) is 0.130. The molecule has 0 saturated heterocycles. The van der Waals surface area contributed by atoms with E-state index in [1.54, 1.807) is 0 Å². The van der Waals surface area contributed by atoms with Crippen molar-refractivity contribution in [3.05, 3.63) is 29.8 Å². The molecule has 19 heavy (non-hydrogen) atoms. The van der Waals surface area contributed by atoms with Crippen molar-refractivity contribution in [1.82, 2.24) is 4.31 Å². The van der Waals surface area contributed by atoms with Crippen LogP contribution in [0.25, 0.3) is 0 Å². The quantitative estimate of drug-likeness (QED) is 0.784. The van der Waals surface area contributed by atoms with Gasteiger partial charge in [0.1, 0.15) is 16.5 Å². The molecule has 0 atom stereocenters. The average molecular weight is 310 g/mol. The fourth-order valence-corrected chi connectivity index (χ4v) is 4.08. The van der Waals surface area contributed by atoms with Crippen LogP contribution in [0.15, 0.2) is 23.1 Å². The number of hydrogen-bond donors (Lipinski definition) is 0. The van der Waals surface area contributed by atoms with Gasteiger partial charge >= 0.3 is 0 Å². The molecule has 0 aromatic heterocycles. The van der Waals surface area contributed by atoms with Crippen LogP contribution in [-0.2, 0) is 10.0 Å². The first kappa shape index (κ1) is 14.7. The predicted molar refractivity (Wildman–Crippen MR) is 68.6 cm³/mol. The van der Waals surface area contributed by atoms with Gasteiger partial charge in [0.15, 0.2) is 0 Å². The molecular formula is C12H14ClF2NO2S. The molecule has 1 aliphatic carbocycles. The summed E-state index contributed by atoms with van der Waals surface area (Å²) in [5, 5.41) is 0. The normalized spacial score (nSPS) is 16.6. The molecule has 1 fully saturated rings. The molecular weight excluding hydrogens is 296 g/mol. The molecule has 0 bridgehead atoms. The fraction of sp³-hybridized carbons (Fsp3) is 0.500. The second kappa shape index (κ2) is 5.73. The molecule has 0 heterocycles. The summed E-state index contributed by atoms with van der Waals surface area (Å²) in [6, 6.07) is 2.34. The second-order valence-corrected chi connectivity index (χ2v) is 6.70. The summed E-state index contributed by atoms with van der Waals surface area (Å²) < 4.78 is 52.5. The Morgan fingerprint density at radius 3 is 2.47 bits per heavy atom.